The number of ether oxygens (including phenoxy) is 1. The first-order chi connectivity index (χ1) is 13.8. The van der Waals surface area contributed by atoms with Crippen molar-refractivity contribution < 1.29 is 14.1 Å². The van der Waals surface area contributed by atoms with E-state index in [0.717, 1.165) is 68.6 Å². The van der Waals surface area contributed by atoms with Crippen LogP contribution in [0.5, 0.6) is 5.88 Å². The molecule has 1 saturated heterocycles. The fraction of sp³-hybridized carbons (Fsp3) is 0.619. The average molecular weight is 382 g/mol. The fourth-order valence-electron chi connectivity index (χ4n) is 4.21. The summed E-state index contributed by atoms with van der Waals surface area (Å²) in [6.45, 7) is 2.08. The highest BCUT2D eigenvalue weighted by atomic mass is 16.5. The molecular formula is C21H26N4O3. The summed E-state index contributed by atoms with van der Waals surface area (Å²) in [6.07, 6.45) is 8.38. The molecule has 2 aliphatic carbocycles. The van der Waals surface area contributed by atoms with Crippen LogP contribution in [0.4, 0.5) is 0 Å². The number of piperidine rings is 1. The van der Waals surface area contributed by atoms with Gasteiger partial charge in [0.15, 0.2) is 0 Å². The zero-order valence-corrected chi connectivity index (χ0v) is 16.1. The molecule has 0 aromatic carbocycles. The van der Waals surface area contributed by atoms with Crippen LogP contribution in [0.15, 0.2) is 16.7 Å². The first-order valence-corrected chi connectivity index (χ1v) is 10.5. The van der Waals surface area contributed by atoms with Gasteiger partial charge in [-0.15, -0.1) is 5.10 Å². The summed E-state index contributed by atoms with van der Waals surface area (Å²) in [5.74, 6) is 2.10. The van der Waals surface area contributed by atoms with Crippen LogP contribution in [0, 0.1) is 5.92 Å². The maximum absolute atomic E-state index is 12.9. The molecule has 0 unspecified atom stereocenters. The van der Waals surface area contributed by atoms with E-state index >= 15 is 0 Å². The third-order valence-corrected chi connectivity index (χ3v) is 6.18. The van der Waals surface area contributed by atoms with Gasteiger partial charge in [0.2, 0.25) is 11.6 Å². The number of likely N-dealkylation sites (tertiary alicyclic amines) is 1. The van der Waals surface area contributed by atoms with Gasteiger partial charge in [-0.25, -0.2) is 0 Å². The smallest absolute Gasteiger partial charge is 0.292 e. The molecule has 0 N–H and O–H groups in total. The van der Waals surface area contributed by atoms with Crippen LogP contribution in [0.25, 0.3) is 0 Å². The minimum atomic E-state index is -0.00319. The predicted molar refractivity (Wildman–Crippen MR) is 101 cm³/mol. The van der Waals surface area contributed by atoms with Crippen LogP contribution in [-0.4, -0.2) is 45.9 Å². The van der Waals surface area contributed by atoms with Crippen LogP contribution in [0.1, 0.15) is 71.9 Å². The molecule has 7 nitrogen and oxygen atoms in total. The van der Waals surface area contributed by atoms with Gasteiger partial charge in [0, 0.05) is 30.6 Å². The zero-order valence-electron chi connectivity index (χ0n) is 16.1. The molecular weight excluding hydrogens is 356 g/mol. The van der Waals surface area contributed by atoms with Gasteiger partial charge >= 0.3 is 0 Å². The quantitative estimate of drug-likeness (QED) is 0.790. The van der Waals surface area contributed by atoms with Gasteiger partial charge in [-0.2, -0.15) is 5.10 Å². The lowest BCUT2D eigenvalue weighted by Gasteiger charge is -2.31. The molecule has 148 valence electrons. The monoisotopic (exact) mass is 382 g/mol. The van der Waals surface area contributed by atoms with Gasteiger partial charge in [-0.3, -0.25) is 4.79 Å². The molecule has 5 rings (SSSR count). The lowest BCUT2D eigenvalue weighted by Crippen LogP contribution is -2.40. The van der Waals surface area contributed by atoms with Crippen LogP contribution in [0.2, 0.25) is 0 Å². The van der Waals surface area contributed by atoms with Crippen molar-refractivity contribution in [2.45, 2.75) is 57.3 Å². The van der Waals surface area contributed by atoms with Crippen LogP contribution in [0.3, 0.4) is 0 Å². The number of nitrogens with zero attached hydrogens (tertiary/aromatic N) is 4. The summed E-state index contributed by atoms with van der Waals surface area (Å²) in [7, 11) is 0. The van der Waals surface area contributed by atoms with E-state index in [0.29, 0.717) is 30.1 Å². The Balaban J connectivity index is 1.12. The number of aromatic nitrogens is 3. The third kappa shape index (κ3) is 3.62. The minimum absolute atomic E-state index is 0.00319. The van der Waals surface area contributed by atoms with E-state index in [1.165, 1.54) is 12.8 Å². The first-order valence-electron chi connectivity index (χ1n) is 10.5. The molecule has 2 fully saturated rings. The topological polar surface area (TPSA) is 81.4 Å². The van der Waals surface area contributed by atoms with E-state index in [4.69, 9.17) is 9.26 Å². The van der Waals surface area contributed by atoms with E-state index in [-0.39, 0.29) is 5.91 Å². The van der Waals surface area contributed by atoms with Crippen LogP contribution < -0.4 is 4.74 Å². The molecule has 2 aromatic rings. The van der Waals surface area contributed by atoms with Crippen LogP contribution in [-0.2, 0) is 12.8 Å². The van der Waals surface area contributed by atoms with Crippen molar-refractivity contribution in [2.24, 2.45) is 5.92 Å². The standard InChI is InChI=1S/C21H26N4O3/c26-21(20-16-3-1-2-4-18(16)24-28-20)25-11-9-14(10-12-25)13-27-19-8-7-17(22-23-19)15-5-6-15/h7-8,14-15H,1-6,9-13H2. The average Bonchev–Trinajstić information content (AvgIpc) is 3.51. The SMILES string of the molecule is O=C(c1onc2c1CCCC2)N1CCC(COc2ccc(C3CC3)nn2)CC1. The van der Waals surface area contributed by atoms with Gasteiger partial charge in [0.05, 0.1) is 18.0 Å². The number of carbonyl (C=O) groups is 1. The second-order valence-electron chi connectivity index (χ2n) is 8.26. The Labute approximate surface area is 164 Å². The predicted octanol–water partition coefficient (Wildman–Crippen LogP) is 3.15. The number of carbonyl (C=O) groups excluding carboxylic acids is 1. The Morgan fingerprint density at radius 3 is 2.68 bits per heavy atom. The number of rotatable bonds is 5. The van der Waals surface area contributed by atoms with Crippen molar-refractivity contribution in [3.8, 4) is 5.88 Å². The highest BCUT2D eigenvalue weighted by Gasteiger charge is 2.30. The molecule has 1 amide bonds. The van der Waals surface area contributed by atoms with Gasteiger partial charge in [0.1, 0.15) is 0 Å². The van der Waals surface area contributed by atoms with E-state index in [9.17, 15) is 4.79 Å². The van der Waals surface area contributed by atoms with Crippen LogP contribution >= 0.6 is 0 Å². The van der Waals surface area contributed by atoms with Crippen molar-refractivity contribution in [3.63, 3.8) is 0 Å². The zero-order chi connectivity index (χ0) is 18.9. The van der Waals surface area contributed by atoms with E-state index in [2.05, 4.69) is 15.4 Å². The number of fused-ring (bicyclic) bond motifs is 1. The molecule has 0 radical (unpaired) electrons. The van der Waals surface area contributed by atoms with Gasteiger partial charge in [-0.1, -0.05) is 5.16 Å². The minimum Gasteiger partial charge on any atom is -0.476 e. The van der Waals surface area contributed by atoms with Gasteiger partial charge < -0.3 is 14.2 Å². The highest BCUT2D eigenvalue weighted by molar-refractivity contribution is 5.93. The number of hydrogen-bond acceptors (Lipinski definition) is 6. The van der Waals surface area contributed by atoms with Crippen molar-refractivity contribution in [3.05, 3.63) is 34.8 Å². The Morgan fingerprint density at radius 2 is 1.93 bits per heavy atom. The van der Waals surface area contributed by atoms with Crippen molar-refractivity contribution in [2.75, 3.05) is 19.7 Å². The summed E-state index contributed by atoms with van der Waals surface area (Å²) in [4.78, 5) is 14.8. The lowest BCUT2D eigenvalue weighted by molar-refractivity contribution is 0.0617. The number of amides is 1. The molecule has 7 heteroatoms. The Hall–Kier alpha value is -2.44. The summed E-state index contributed by atoms with van der Waals surface area (Å²) in [5, 5.41) is 12.6. The Kier molecular flexibility index (Phi) is 4.74. The van der Waals surface area contributed by atoms with Gasteiger partial charge in [0.25, 0.3) is 5.91 Å². The molecule has 2 aromatic heterocycles. The molecule has 3 aliphatic rings. The maximum atomic E-state index is 12.9. The highest BCUT2D eigenvalue weighted by Crippen LogP contribution is 2.38. The largest absolute Gasteiger partial charge is 0.476 e. The van der Waals surface area contributed by atoms with Crippen molar-refractivity contribution in [1.82, 2.24) is 20.3 Å². The third-order valence-electron chi connectivity index (χ3n) is 6.18. The fourth-order valence-corrected chi connectivity index (χ4v) is 4.21. The van der Waals surface area contributed by atoms with E-state index in [1.54, 1.807) is 0 Å². The number of hydrogen-bond donors (Lipinski definition) is 0. The Morgan fingerprint density at radius 1 is 1.11 bits per heavy atom. The summed E-state index contributed by atoms with van der Waals surface area (Å²) >= 11 is 0. The molecule has 1 saturated carbocycles. The van der Waals surface area contributed by atoms with Gasteiger partial charge in [-0.05, 0) is 63.4 Å². The maximum Gasteiger partial charge on any atom is 0.292 e. The molecule has 3 heterocycles. The Bertz CT molecular complexity index is 836. The van der Waals surface area contributed by atoms with Crippen molar-refractivity contribution >= 4 is 5.91 Å². The molecule has 1 aliphatic heterocycles. The number of aryl methyl sites for hydroxylation is 1. The lowest BCUT2D eigenvalue weighted by atomic mass is 9.94. The second-order valence-corrected chi connectivity index (χ2v) is 8.26. The van der Waals surface area contributed by atoms with E-state index < -0.39 is 0 Å². The molecule has 0 atom stereocenters. The molecule has 0 bridgehead atoms. The molecule has 28 heavy (non-hydrogen) atoms. The second kappa shape index (κ2) is 7.53. The summed E-state index contributed by atoms with van der Waals surface area (Å²) in [5.41, 5.74) is 3.09. The molecule has 0 spiro atoms. The summed E-state index contributed by atoms with van der Waals surface area (Å²) < 4.78 is 11.3. The first kappa shape index (κ1) is 17.6. The van der Waals surface area contributed by atoms with Crippen molar-refractivity contribution in [1.29, 1.82) is 0 Å². The summed E-state index contributed by atoms with van der Waals surface area (Å²) in [6, 6.07) is 3.95. The normalized spacial score (nSPS) is 20.1. The van der Waals surface area contributed by atoms with E-state index in [1.807, 2.05) is 17.0 Å².